The Morgan fingerprint density at radius 1 is 1.25 bits per heavy atom. The summed E-state index contributed by atoms with van der Waals surface area (Å²) < 4.78 is 11.6. The van der Waals surface area contributed by atoms with E-state index in [0.717, 1.165) is 23.4 Å². The zero-order chi connectivity index (χ0) is 18.3. The van der Waals surface area contributed by atoms with Crippen molar-refractivity contribution in [1.29, 1.82) is 0 Å². The van der Waals surface area contributed by atoms with Crippen LogP contribution in [0.1, 0.15) is 59.9 Å². The van der Waals surface area contributed by atoms with Crippen LogP contribution in [-0.2, 0) is 9.53 Å². The molecular formula is C20H33NO3. The van der Waals surface area contributed by atoms with E-state index in [1.54, 1.807) is 0 Å². The molecule has 4 heteroatoms. The van der Waals surface area contributed by atoms with Crippen molar-refractivity contribution in [2.75, 3.05) is 11.9 Å². The molecule has 0 heterocycles. The van der Waals surface area contributed by atoms with Crippen LogP contribution in [0.3, 0.4) is 0 Å². The van der Waals surface area contributed by atoms with Gasteiger partial charge in [-0.05, 0) is 70.2 Å². The van der Waals surface area contributed by atoms with Gasteiger partial charge in [-0.15, -0.1) is 0 Å². The van der Waals surface area contributed by atoms with Gasteiger partial charge in [-0.3, -0.25) is 4.79 Å². The summed E-state index contributed by atoms with van der Waals surface area (Å²) in [5.74, 6) is 1.12. The van der Waals surface area contributed by atoms with Crippen molar-refractivity contribution in [3.8, 4) is 5.75 Å². The first-order valence-electron chi connectivity index (χ1n) is 8.90. The molecule has 136 valence electrons. The van der Waals surface area contributed by atoms with Gasteiger partial charge in [0.15, 0.2) is 0 Å². The van der Waals surface area contributed by atoms with Crippen LogP contribution in [0.15, 0.2) is 18.2 Å². The lowest BCUT2D eigenvalue weighted by Gasteiger charge is -2.30. The summed E-state index contributed by atoms with van der Waals surface area (Å²) in [7, 11) is 0. The van der Waals surface area contributed by atoms with Gasteiger partial charge in [-0.1, -0.05) is 20.8 Å². The van der Waals surface area contributed by atoms with Gasteiger partial charge in [0.05, 0.1) is 6.10 Å². The van der Waals surface area contributed by atoms with Crippen molar-refractivity contribution in [3.63, 3.8) is 0 Å². The van der Waals surface area contributed by atoms with E-state index >= 15 is 0 Å². The van der Waals surface area contributed by atoms with E-state index in [4.69, 9.17) is 9.47 Å². The molecule has 1 rings (SSSR count). The highest BCUT2D eigenvalue weighted by molar-refractivity contribution is 5.97. The average Bonchev–Trinajstić information content (AvgIpc) is 2.47. The molecule has 0 bridgehead atoms. The molecule has 0 aliphatic heterocycles. The minimum absolute atomic E-state index is 0.0958. The normalized spacial score (nSPS) is 13.9. The second kappa shape index (κ2) is 9.07. The molecule has 0 aliphatic carbocycles. The van der Waals surface area contributed by atoms with Crippen LogP contribution in [0.25, 0.3) is 0 Å². The molecule has 0 unspecified atom stereocenters. The highest BCUT2D eigenvalue weighted by Gasteiger charge is 2.35. The topological polar surface area (TPSA) is 47.6 Å². The van der Waals surface area contributed by atoms with Crippen LogP contribution >= 0.6 is 0 Å². The van der Waals surface area contributed by atoms with Crippen LogP contribution in [0.5, 0.6) is 5.75 Å². The second-order valence-corrected chi connectivity index (χ2v) is 7.28. The van der Waals surface area contributed by atoms with Crippen LogP contribution in [0.2, 0.25) is 0 Å². The smallest absolute Gasteiger partial charge is 0.256 e. The fraction of sp³-hybridized carbons (Fsp3) is 0.650. The van der Waals surface area contributed by atoms with E-state index in [2.05, 4.69) is 19.2 Å². The predicted molar refractivity (Wildman–Crippen MR) is 99.7 cm³/mol. The second-order valence-electron chi connectivity index (χ2n) is 7.28. The number of anilines is 1. The Labute approximate surface area is 146 Å². The van der Waals surface area contributed by atoms with Crippen molar-refractivity contribution >= 4 is 11.6 Å². The molecule has 0 radical (unpaired) electrons. The zero-order valence-corrected chi connectivity index (χ0v) is 16.2. The Hall–Kier alpha value is -1.55. The number of hydrogen-bond donors (Lipinski definition) is 1. The minimum Gasteiger partial charge on any atom is -0.491 e. The van der Waals surface area contributed by atoms with Gasteiger partial charge in [-0.25, -0.2) is 0 Å². The SMILES string of the molecule is CCCO[C@@](C)(CC(C)C)C(=O)Nc1ccc(OC(C)C)c(C)c1. The van der Waals surface area contributed by atoms with Gasteiger partial charge in [0.25, 0.3) is 5.91 Å². The number of aryl methyl sites for hydroxylation is 1. The highest BCUT2D eigenvalue weighted by Crippen LogP contribution is 2.26. The number of benzene rings is 1. The first-order valence-corrected chi connectivity index (χ1v) is 8.90. The van der Waals surface area contributed by atoms with Gasteiger partial charge in [0, 0.05) is 12.3 Å². The Morgan fingerprint density at radius 2 is 1.92 bits per heavy atom. The Kier molecular flexibility index (Phi) is 7.74. The standard InChI is InChI=1S/C20H33NO3/c1-8-11-23-20(7,13-14(2)3)19(22)21-17-9-10-18(16(6)12-17)24-15(4)5/h9-10,12,14-15H,8,11,13H2,1-7H3,(H,21,22)/t20-/m0/s1. The molecular weight excluding hydrogens is 302 g/mol. The summed E-state index contributed by atoms with van der Waals surface area (Å²) in [5, 5.41) is 3.00. The van der Waals surface area contributed by atoms with Gasteiger partial charge in [-0.2, -0.15) is 0 Å². The lowest BCUT2D eigenvalue weighted by Crippen LogP contribution is -2.44. The van der Waals surface area contributed by atoms with Crippen molar-refractivity contribution in [1.82, 2.24) is 0 Å². The van der Waals surface area contributed by atoms with Crippen molar-refractivity contribution in [2.45, 2.75) is 73.0 Å². The summed E-state index contributed by atoms with van der Waals surface area (Å²) in [6, 6.07) is 5.71. The largest absolute Gasteiger partial charge is 0.491 e. The summed E-state index contributed by atoms with van der Waals surface area (Å²) in [4.78, 5) is 12.8. The molecule has 1 atom stereocenters. The van der Waals surface area contributed by atoms with Crippen LogP contribution in [0, 0.1) is 12.8 Å². The minimum atomic E-state index is -0.814. The molecule has 1 aromatic carbocycles. The van der Waals surface area contributed by atoms with Crippen molar-refractivity contribution in [2.24, 2.45) is 5.92 Å². The van der Waals surface area contributed by atoms with Crippen molar-refractivity contribution < 1.29 is 14.3 Å². The third-order valence-corrected chi connectivity index (χ3v) is 3.70. The number of ether oxygens (including phenoxy) is 2. The van der Waals surface area contributed by atoms with Gasteiger partial charge < -0.3 is 14.8 Å². The van der Waals surface area contributed by atoms with E-state index in [0.29, 0.717) is 18.9 Å². The monoisotopic (exact) mass is 335 g/mol. The molecule has 24 heavy (non-hydrogen) atoms. The van der Waals surface area contributed by atoms with Crippen LogP contribution < -0.4 is 10.1 Å². The molecule has 0 aromatic heterocycles. The summed E-state index contributed by atoms with van der Waals surface area (Å²) in [6.07, 6.45) is 1.70. The van der Waals surface area contributed by atoms with Gasteiger partial charge in [0.2, 0.25) is 0 Å². The molecule has 0 aliphatic rings. The molecule has 0 fully saturated rings. The van der Waals surface area contributed by atoms with E-state index in [1.165, 1.54) is 0 Å². The van der Waals surface area contributed by atoms with Gasteiger partial charge in [0.1, 0.15) is 11.4 Å². The number of carbonyl (C=O) groups is 1. The quantitative estimate of drug-likeness (QED) is 0.694. The summed E-state index contributed by atoms with van der Waals surface area (Å²) >= 11 is 0. The fourth-order valence-electron chi connectivity index (χ4n) is 2.70. The molecule has 4 nitrogen and oxygen atoms in total. The van der Waals surface area contributed by atoms with E-state index in [-0.39, 0.29) is 12.0 Å². The zero-order valence-electron chi connectivity index (χ0n) is 16.2. The third kappa shape index (κ3) is 6.16. The number of carbonyl (C=O) groups excluding carboxylic acids is 1. The van der Waals surface area contributed by atoms with E-state index in [1.807, 2.05) is 52.8 Å². The number of hydrogen-bond acceptors (Lipinski definition) is 3. The maximum atomic E-state index is 12.8. The number of rotatable bonds is 9. The molecule has 1 N–H and O–H groups in total. The molecule has 0 spiro atoms. The Morgan fingerprint density at radius 3 is 2.42 bits per heavy atom. The average molecular weight is 335 g/mol. The van der Waals surface area contributed by atoms with Crippen LogP contribution in [-0.4, -0.2) is 24.2 Å². The maximum Gasteiger partial charge on any atom is 0.256 e. The first-order chi connectivity index (χ1) is 11.2. The lowest BCUT2D eigenvalue weighted by atomic mass is 9.93. The third-order valence-electron chi connectivity index (χ3n) is 3.70. The van der Waals surface area contributed by atoms with Gasteiger partial charge >= 0.3 is 0 Å². The number of amides is 1. The fourth-order valence-corrected chi connectivity index (χ4v) is 2.70. The molecule has 0 saturated heterocycles. The highest BCUT2D eigenvalue weighted by atomic mass is 16.5. The van der Waals surface area contributed by atoms with E-state index < -0.39 is 5.60 Å². The summed E-state index contributed by atoms with van der Waals surface area (Å²) in [6.45, 7) is 14.7. The summed E-state index contributed by atoms with van der Waals surface area (Å²) in [5.41, 5.74) is 0.954. The first kappa shape index (κ1) is 20.5. The molecule has 1 aromatic rings. The van der Waals surface area contributed by atoms with Crippen LogP contribution in [0.4, 0.5) is 5.69 Å². The van der Waals surface area contributed by atoms with Crippen molar-refractivity contribution in [3.05, 3.63) is 23.8 Å². The Balaban J connectivity index is 2.88. The number of nitrogens with one attached hydrogen (secondary N) is 1. The molecule has 0 saturated carbocycles. The Bertz CT molecular complexity index is 540. The van der Waals surface area contributed by atoms with E-state index in [9.17, 15) is 4.79 Å². The maximum absolute atomic E-state index is 12.8. The lowest BCUT2D eigenvalue weighted by molar-refractivity contribution is -0.141. The predicted octanol–water partition coefficient (Wildman–Crippen LogP) is 4.95. The molecule has 1 amide bonds.